The normalized spacial score (nSPS) is 13.4. The Morgan fingerprint density at radius 1 is 1.14 bits per heavy atom. The van der Waals surface area contributed by atoms with Crippen LogP contribution in [0.15, 0.2) is 48.7 Å². The van der Waals surface area contributed by atoms with Crippen molar-refractivity contribution in [1.82, 2.24) is 19.7 Å². The van der Waals surface area contributed by atoms with E-state index in [2.05, 4.69) is 9.67 Å². The Morgan fingerprint density at radius 2 is 2.03 bits per heavy atom. The molecule has 6 heteroatoms. The number of pyridine rings is 2. The van der Waals surface area contributed by atoms with E-state index in [1.165, 1.54) is 5.69 Å². The van der Waals surface area contributed by atoms with E-state index in [1.54, 1.807) is 6.07 Å². The van der Waals surface area contributed by atoms with Gasteiger partial charge in [-0.2, -0.15) is 5.10 Å². The number of benzene rings is 1. The van der Waals surface area contributed by atoms with Crippen molar-refractivity contribution in [2.75, 3.05) is 0 Å². The third kappa shape index (κ3) is 2.97. The SMILES string of the molecule is Cc1cccc(-c2nn3c(c2-c2ccnc4ccc(C(N)=O)cc24)CCCC3)n1. The fourth-order valence-electron chi connectivity index (χ4n) is 4.14. The third-order valence-corrected chi connectivity index (χ3v) is 5.52. The second-order valence-electron chi connectivity index (χ2n) is 7.47. The zero-order valence-electron chi connectivity index (χ0n) is 16.2. The molecule has 144 valence electrons. The number of aryl methyl sites for hydroxylation is 2. The van der Waals surface area contributed by atoms with Crippen molar-refractivity contribution < 1.29 is 4.79 Å². The summed E-state index contributed by atoms with van der Waals surface area (Å²) in [7, 11) is 0. The molecule has 1 aromatic carbocycles. The van der Waals surface area contributed by atoms with Crippen molar-refractivity contribution in [3.8, 4) is 22.5 Å². The number of aromatic nitrogens is 4. The predicted molar refractivity (Wildman–Crippen MR) is 112 cm³/mol. The topological polar surface area (TPSA) is 86.7 Å². The minimum atomic E-state index is -0.445. The molecular formula is C23H21N5O. The Labute approximate surface area is 168 Å². The molecule has 2 N–H and O–H groups in total. The molecule has 0 radical (unpaired) electrons. The molecule has 0 saturated heterocycles. The van der Waals surface area contributed by atoms with E-state index in [0.29, 0.717) is 5.56 Å². The summed E-state index contributed by atoms with van der Waals surface area (Å²) >= 11 is 0. The number of hydrogen-bond donors (Lipinski definition) is 1. The fourth-order valence-corrected chi connectivity index (χ4v) is 4.14. The number of hydrogen-bond acceptors (Lipinski definition) is 4. The summed E-state index contributed by atoms with van der Waals surface area (Å²) in [4.78, 5) is 21.0. The summed E-state index contributed by atoms with van der Waals surface area (Å²) in [6.45, 7) is 2.89. The Balaban J connectivity index is 1.83. The summed E-state index contributed by atoms with van der Waals surface area (Å²) in [6.07, 6.45) is 5.03. The summed E-state index contributed by atoms with van der Waals surface area (Å²) < 4.78 is 2.11. The van der Waals surface area contributed by atoms with Crippen molar-refractivity contribution in [3.05, 3.63) is 65.6 Å². The lowest BCUT2D eigenvalue weighted by Gasteiger charge is -2.15. The monoisotopic (exact) mass is 383 g/mol. The first kappa shape index (κ1) is 17.6. The molecule has 0 bridgehead atoms. The Morgan fingerprint density at radius 3 is 2.86 bits per heavy atom. The van der Waals surface area contributed by atoms with E-state index in [9.17, 15) is 4.79 Å². The van der Waals surface area contributed by atoms with Crippen molar-refractivity contribution >= 4 is 16.8 Å². The molecule has 0 fully saturated rings. The van der Waals surface area contributed by atoms with Gasteiger partial charge in [0.15, 0.2) is 0 Å². The average Bonchev–Trinajstić information content (AvgIpc) is 3.12. The molecule has 0 aliphatic carbocycles. The van der Waals surface area contributed by atoms with Gasteiger partial charge in [0, 0.05) is 40.6 Å². The maximum Gasteiger partial charge on any atom is 0.248 e. The van der Waals surface area contributed by atoms with E-state index < -0.39 is 5.91 Å². The second-order valence-corrected chi connectivity index (χ2v) is 7.47. The van der Waals surface area contributed by atoms with Gasteiger partial charge in [0.25, 0.3) is 0 Å². The van der Waals surface area contributed by atoms with Crippen LogP contribution in [0.25, 0.3) is 33.4 Å². The molecule has 1 aliphatic heterocycles. The minimum Gasteiger partial charge on any atom is -0.366 e. The number of carbonyl (C=O) groups is 1. The highest BCUT2D eigenvalue weighted by Crippen LogP contribution is 2.39. The van der Waals surface area contributed by atoms with Gasteiger partial charge in [-0.3, -0.25) is 19.4 Å². The molecule has 0 unspecified atom stereocenters. The van der Waals surface area contributed by atoms with Crippen LogP contribution in [0.5, 0.6) is 0 Å². The predicted octanol–water partition coefficient (Wildman–Crippen LogP) is 3.90. The van der Waals surface area contributed by atoms with Gasteiger partial charge in [-0.15, -0.1) is 0 Å². The lowest BCUT2D eigenvalue weighted by molar-refractivity contribution is 0.100. The lowest BCUT2D eigenvalue weighted by atomic mass is 9.94. The van der Waals surface area contributed by atoms with Crippen LogP contribution in [-0.4, -0.2) is 25.7 Å². The molecule has 0 saturated carbocycles. The smallest absolute Gasteiger partial charge is 0.248 e. The Bertz CT molecular complexity index is 1260. The van der Waals surface area contributed by atoms with Crippen LogP contribution in [0, 0.1) is 6.92 Å². The van der Waals surface area contributed by atoms with Crippen LogP contribution in [0.3, 0.4) is 0 Å². The summed E-state index contributed by atoms with van der Waals surface area (Å²) in [5.74, 6) is -0.445. The quantitative estimate of drug-likeness (QED) is 0.581. The molecular weight excluding hydrogens is 362 g/mol. The zero-order valence-corrected chi connectivity index (χ0v) is 16.2. The van der Waals surface area contributed by atoms with Crippen molar-refractivity contribution in [2.45, 2.75) is 32.7 Å². The molecule has 5 rings (SSSR count). The third-order valence-electron chi connectivity index (χ3n) is 5.52. The molecule has 0 spiro atoms. The van der Waals surface area contributed by atoms with Crippen LogP contribution < -0.4 is 5.73 Å². The molecule has 4 aromatic rings. The van der Waals surface area contributed by atoms with Gasteiger partial charge in [-0.25, -0.2) is 0 Å². The molecule has 6 nitrogen and oxygen atoms in total. The summed E-state index contributed by atoms with van der Waals surface area (Å²) in [6, 6.07) is 13.4. The Kier molecular flexibility index (Phi) is 4.12. The van der Waals surface area contributed by atoms with Gasteiger partial charge < -0.3 is 5.73 Å². The molecule has 1 aliphatic rings. The van der Waals surface area contributed by atoms with E-state index in [4.69, 9.17) is 15.8 Å². The first-order chi connectivity index (χ1) is 14.1. The highest BCUT2D eigenvalue weighted by atomic mass is 16.1. The largest absolute Gasteiger partial charge is 0.366 e. The maximum absolute atomic E-state index is 11.8. The van der Waals surface area contributed by atoms with Gasteiger partial charge in [0.05, 0.1) is 11.2 Å². The number of primary amides is 1. The highest BCUT2D eigenvalue weighted by Gasteiger charge is 2.24. The van der Waals surface area contributed by atoms with Crippen LogP contribution >= 0.6 is 0 Å². The molecule has 0 atom stereocenters. The zero-order chi connectivity index (χ0) is 20.0. The number of amides is 1. The standard InChI is InChI=1S/C23H21N5O/c1-14-5-4-6-19(26-14)22-21(20-7-2-3-12-28(20)27-22)16-10-11-25-18-9-8-15(23(24)29)13-17(16)18/h4-6,8-11,13H,2-3,7,12H2,1H3,(H2,24,29). The van der Waals surface area contributed by atoms with E-state index in [1.807, 2.05) is 49.5 Å². The van der Waals surface area contributed by atoms with Crippen molar-refractivity contribution in [2.24, 2.45) is 5.73 Å². The first-order valence-corrected chi connectivity index (χ1v) is 9.84. The first-order valence-electron chi connectivity index (χ1n) is 9.84. The molecule has 3 aromatic heterocycles. The van der Waals surface area contributed by atoms with Crippen LogP contribution in [-0.2, 0) is 13.0 Å². The maximum atomic E-state index is 11.8. The van der Waals surface area contributed by atoms with E-state index >= 15 is 0 Å². The lowest BCUT2D eigenvalue weighted by Crippen LogP contribution is -2.11. The fraction of sp³-hybridized carbons (Fsp3) is 0.217. The highest BCUT2D eigenvalue weighted by molar-refractivity contribution is 6.03. The minimum absolute atomic E-state index is 0.445. The van der Waals surface area contributed by atoms with Crippen LogP contribution in [0.4, 0.5) is 0 Å². The van der Waals surface area contributed by atoms with E-state index in [-0.39, 0.29) is 0 Å². The summed E-state index contributed by atoms with van der Waals surface area (Å²) in [5, 5.41) is 5.85. The number of carbonyl (C=O) groups excluding carboxylic acids is 1. The van der Waals surface area contributed by atoms with Gasteiger partial charge in [-0.1, -0.05) is 6.07 Å². The number of nitrogens with zero attached hydrogens (tertiary/aromatic N) is 4. The van der Waals surface area contributed by atoms with Gasteiger partial charge in [0.2, 0.25) is 5.91 Å². The molecule has 1 amide bonds. The van der Waals surface area contributed by atoms with Gasteiger partial charge >= 0.3 is 0 Å². The Hall–Kier alpha value is -3.54. The van der Waals surface area contributed by atoms with Gasteiger partial charge in [0.1, 0.15) is 5.69 Å². The van der Waals surface area contributed by atoms with Crippen molar-refractivity contribution in [1.29, 1.82) is 0 Å². The molecule has 4 heterocycles. The van der Waals surface area contributed by atoms with Crippen molar-refractivity contribution in [3.63, 3.8) is 0 Å². The number of nitrogens with two attached hydrogens (primary N) is 1. The molecule has 29 heavy (non-hydrogen) atoms. The number of rotatable bonds is 3. The van der Waals surface area contributed by atoms with E-state index in [0.717, 1.165) is 64.9 Å². The van der Waals surface area contributed by atoms with Crippen LogP contribution in [0.1, 0.15) is 34.6 Å². The second kappa shape index (κ2) is 6.81. The van der Waals surface area contributed by atoms with Gasteiger partial charge in [-0.05, 0) is 68.1 Å². The average molecular weight is 383 g/mol. The number of fused-ring (bicyclic) bond motifs is 2. The summed E-state index contributed by atoms with van der Waals surface area (Å²) in [5.41, 5.74) is 12.8. The van der Waals surface area contributed by atoms with Crippen LogP contribution in [0.2, 0.25) is 0 Å².